The van der Waals surface area contributed by atoms with E-state index in [9.17, 15) is 0 Å². The first-order valence-corrected chi connectivity index (χ1v) is 5.15. The number of quaternary nitrogens is 1. The van der Waals surface area contributed by atoms with Gasteiger partial charge in [0.05, 0.1) is 13.5 Å². The number of rotatable bonds is 4. The summed E-state index contributed by atoms with van der Waals surface area (Å²) in [5.74, 6) is 1.61. The van der Waals surface area contributed by atoms with Gasteiger partial charge in [0, 0.05) is 0 Å². The van der Waals surface area contributed by atoms with Gasteiger partial charge in [-0.1, -0.05) is 19.8 Å². The van der Waals surface area contributed by atoms with Gasteiger partial charge in [0.2, 0.25) is 0 Å². The lowest BCUT2D eigenvalue weighted by Gasteiger charge is -2.02. The van der Waals surface area contributed by atoms with E-state index < -0.39 is 0 Å². The lowest BCUT2D eigenvalue weighted by molar-refractivity contribution is -0.779. The Morgan fingerprint density at radius 2 is 2.17 bits per heavy atom. The first kappa shape index (κ1) is 9.72. The Balaban J connectivity index is 2.34. The minimum atomic E-state index is 1.24. The van der Waals surface area contributed by atoms with E-state index in [2.05, 4.69) is 25.6 Å². The molecule has 0 saturated carbocycles. The molecule has 0 amide bonds. The van der Waals surface area contributed by atoms with Gasteiger partial charge in [-0.3, -0.25) is 0 Å². The zero-order valence-electron chi connectivity index (χ0n) is 8.69. The quantitative estimate of drug-likeness (QED) is 0.453. The molecule has 0 aromatic rings. The minimum absolute atomic E-state index is 1.24. The van der Waals surface area contributed by atoms with E-state index in [4.69, 9.17) is 0 Å². The number of unbranched alkanes of at least 4 members (excludes halogenated alkanes) is 2. The normalized spacial score (nSPS) is 23.8. The molecular formula is C10H22N2+2. The molecule has 0 fully saturated rings. The second-order valence-corrected chi connectivity index (χ2v) is 3.86. The van der Waals surface area contributed by atoms with E-state index in [1.54, 1.807) is 10.7 Å². The molecule has 1 heterocycles. The largest absolute Gasteiger partial charge is 0.336 e. The summed E-state index contributed by atoms with van der Waals surface area (Å²) < 4.78 is 2.42. The van der Waals surface area contributed by atoms with Crippen molar-refractivity contribution >= 4 is 5.84 Å². The molecule has 0 aromatic carbocycles. The van der Waals surface area contributed by atoms with Crippen LogP contribution in [0.4, 0.5) is 0 Å². The van der Waals surface area contributed by atoms with Crippen LogP contribution >= 0.6 is 0 Å². The molecule has 0 radical (unpaired) electrons. The first-order valence-electron chi connectivity index (χ1n) is 5.15. The highest BCUT2D eigenvalue weighted by molar-refractivity contribution is 5.68. The second-order valence-electron chi connectivity index (χ2n) is 3.86. The number of likely N-dealkylation sites (N-methyl/N-ethyl adjacent to an activating group) is 2. The molecule has 70 valence electrons. The molecule has 1 aliphatic rings. The first-order chi connectivity index (χ1) is 5.75. The number of hydrogen-bond donors (Lipinski definition) is 1. The van der Waals surface area contributed by atoms with Gasteiger partial charge in [0.15, 0.2) is 6.54 Å². The van der Waals surface area contributed by atoms with Crippen LogP contribution in [-0.4, -0.2) is 37.6 Å². The molecule has 1 aliphatic heterocycles. The lowest BCUT2D eigenvalue weighted by Crippen LogP contribution is -3.10. The van der Waals surface area contributed by atoms with Crippen LogP contribution in [0.2, 0.25) is 0 Å². The van der Waals surface area contributed by atoms with Gasteiger partial charge in [-0.15, -0.1) is 0 Å². The Hall–Kier alpha value is -0.370. The number of amidine groups is 1. The summed E-state index contributed by atoms with van der Waals surface area (Å²) in [4.78, 5) is 1.62. The molecule has 12 heavy (non-hydrogen) atoms. The molecule has 1 unspecified atom stereocenters. The van der Waals surface area contributed by atoms with Crippen molar-refractivity contribution in [3.05, 3.63) is 0 Å². The van der Waals surface area contributed by atoms with E-state index in [0.717, 1.165) is 0 Å². The van der Waals surface area contributed by atoms with Crippen molar-refractivity contribution in [3.8, 4) is 0 Å². The van der Waals surface area contributed by atoms with E-state index in [1.165, 1.54) is 38.8 Å². The fraction of sp³-hybridized carbons (Fsp3) is 0.900. The summed E-state index contributed by atoms with van der Waals surface area (Å²) >= 11 is 0. The smallest absolute Gasteiger partial charge is 0.248 e. The summed E-state index contributed by atoms with van der Waals surface area (Å²) in [6, 6.07) is 0. The topological polar surface area (TPSA) is 7.45 Å². The minimum Gasteiger partial charge on any atom is -0.248 e. The predicted molar refractivity (Wildman–Crippen MR) is 52.0 cm³/mol. The molecule has 0 aromatic heterocycles. The molecule has 0 aliphatic carbocycles. The molecule has 1 atom stereocenters. The third-order valence-corrected chi connectivity index (χ3v) is 2.79. The maximum atomic E-state index is 2.42. The maximum Gasteiger partial charge on any atom is 0.336 e. The highest BCUT2D eigenvalue weighted by Gasteiger charge is 2.28. The third kappa shape index (κ3) is 2.31. The van der Waals surface area contributed by atoms with Crippen molar-refractivity contribution in [1.29, 1.82) is 0 Å². The summed E-state index contributed by atoms with van der Waals surface area (Å²) in [6.45, 7) is 4.80. The van der Waals surface area contributed by atoms with Crippen molar-refractivity contribution in [2.75, 3.05) is 27.2 Å². The zero-order valence-corrected chi connectivity index (χ0v) is 8.69. The van der Waals surface area contributed by atoms with Crippen LogP contribution in [0.5, 0.6) is 0 Å². The van der Waals surface area contributed by atoms with Crippen molar-refractivity contribution in [2.24, 2.45) is 0 Å². The van der Waals surface area contributed by atoms with Gasteiger partial charge in [0.25, 0.3) is 0 Å². The van der Waals surface area contributed by atoms with Crippen molar-refractivity contribution < 1.29 is 9.48 Å². The maximum absolute atomic E-state index is 2.42. The zero-order chi connectivity index (χ0) is 8.97. The van der Waals surface area contributed by atoms with Crippen LogP contribution in [0, 0.1) is 0 Å². The van der Waals surface area contributed by atoms with Gasteiger partial charge in [-0.05, 0) is 6.42 Å². The fourth-order valence-electron chi connectivity index (χ4n) is 1.89. The van der Waals surface area contributed by atoms with Gasteiger partial charge in [-0.2, -0.15) is 4.58 Å². The predicted octanol–water partition coefficient (Wildman–Crippen LogP) is 0.136. The Morgan fingerprint density at radius 1 is 1.42 bits per heavy atom. The monoisotopic (exact) mass is 170 g/mol. The van der Waals surface area contributed by atoms with Crippen LogP contribution in [0.1, 0.15) is 32.6 Å². The van der Waals surface area contributed by atoms with Crippen LogP contribution in [0.25, 0.3) is 0 Å². The lowest BCUT2D eigenvalue weighted by atomic mass is 10.2. The number of nitrogens with zero attached hydrogens (tertiary/aromatic N) is 1. The van der Waals surface area contributed by atoms with Crippen molar-refractivity contribution in [2.45, 2.75) is 32.6 Å². The van der Waals surface area contributed by atoms with Gasteiger partial charge >= 0.3 is 5.84 Å². The highest BCUT2D eigenvalue weighted by atomic mass is 15.3. The Morgan fingerprint density at radius 3 is 2.67 bits per heavy atom. The van der Waals surface area contributed by atoms with Crippen molar-refractivity contribution in [1.82, 2.24) is 0 Å². The van der Waals surface area contributed by atoms with E-state index in [1.807, 2.05) is 0 Å². The molecule has 1 N–H and O–H groups in total. The van der Waals surface area contributed by atoms with Gasteiger partial charge in [0.1, 0.15) is 13.6 Å². The number of nitrogens with one attached hydrogen (secondary N) is 1. The van der Waals surface area contributed by atoms with Gasteiger partial charge in [-0.25, -0.2) is 4.90 Å². The van der Waals surface area contributed by atoms with Crippen LogP contribution in [0.3, 0.4) is 0 Å². The van der Waals surface area contributed by atoms with Crippen LogP contribution in [-0.2, 0) is 0 Å². The summed E-state index contributed by atoms with van der Waals surface area (Å²) in [5.41, 5.74) is 0. The molecule has 1 rings (SSSR count). The van der Waals surface area contributed by atoms with E-state index >= 15 is 0 Å². The average Bonchev–Trinajstić information content (AvgIpc) is 2.35. The Bertz CT molecular complexity index is 173. The summed E-state index contributed by atoms with van der Waals surface area (Å²) in [6.07, 6.45) is 5.38. The standard InChI is InChI=1S/C10H21N2/c1-4-5-6-7-10-11(2)8-9-12(10)3/h4-9H2,1-3H3/q+1/p+1. The SMILES string of the molecule is CCCCCC1=[N+](C)CC[NH+]1C. The Labute approximate surface area is 75.9 Å². The highest BCUT2D eigenvalue weighted by Crippen LogP contribution is 1.98. The fourth-order valence-corrected chi connectivity index (χ4v) is 1.89. The Kier molecular flexibility index (Phi) is 3.73. The van der Waals surface area contributed by atoms with E-state index in [0.29, 0.717) is 0 Å². The van der Waals surface area contributed by atoms with Gasteiger partial charge < -0.3 is 0 Å². The third-order valence-electron chi connectivity index (χ3n) is 2.79. The summed E-state index contributed by atoms with van der Waals surface area (Å²) in [5, 5.41) is 0. The van der Waals surface area contributed by atoms with E-state index in [-0.39, 0.29) is 0 Å². The average molecular weight is 170 g/mol. The second kappa shape index (κ2) is 4.61. The van der Waals surface area contributed by atoms with Crippen LogP contribution in [0.15, 0.2) is 0 Å². The molecular weight excluding hydrogens is 148 g/mol. The molecule has 2 heteroatoms. The summed E-state index contributed by atoms with van der Waals surface area (Å²) in [7, 11) is 4.50. The molecule has 0 saturated heterocycles. The van der Waals surface area contributed by atoms with Crippen molar-refractivity contribution in [3.63, 3.8) is 0 Å². The molecule has 0 spiro atoms. The molecule has 2 nitrogen and oxygen atoms in total. The van der Waals surface area contributed by atoms with Crippen LogP contribution < -0.4 is 4.90 Å². The molecule has 0 bridgehead atoms. The number of hydrogen-bond acceptors (Lipinski definition) is 0.